The fourth-order valence-electron chi connectivity index (χ4n) is 1.96. The van der Waals surface area contributed by atoms with Gasteiger partial charge in [0, 0.05) is 15.8 Å². The Kier molecular flexibility index (Phi) is 6.68. The molecule has 2 aromatic rings. The van der Waals surface area contributed by atoms with Gasteiger partial charge in [-0.25, -0.2) is 9.78 Å². The van der Waals surface area contributed by atoms with Crippen molar-refractivity contribution in [3.05, 3.63) is 38.8 Å². The Hall–Kier alpha value is -0.850. The van der Waals surface area contributed by atoms with Gasteiger partial charge in [0.05, 0.1) is 12.3 Å². The first kappa shape index (κ1) is 18.5. The van der Waals surface area contributed by atoms with Gasteiger partial charge in [0.1, 0.15) is 9.88 Å². The summed E-state index contributed by atoms with van der Waals surface area (Å²) in [5.41, 5.74) is 3.00. The molecule has 0 atom stereocenters. The lowest BCUT2D eigenvalue weighted by molar-refractivity contribution is 0.0531. The van der Waals surface area contributed by atoms with Crippen molar-refractivity contribution in [2.45, 2.75) is 38.7 Å². The van der Waals surface area contributed by atoms with Crippen LogP contribution >= 0.6 is 39.0 Å². The molecule has 0 radical (unpaired) electrons. The molecule has 1 heterocycles. The van der Waals surface area contributed by atoms with Gasteiger partial charge in [-0.05, 0) is 30.7 Å². The number of carbonyl (C=O) groups is 1. The van der Waals surface area contributed by atoms with E-state index in [4.69, 9.17) is 4.74 Å². The second-order valence-electron chi connectivity index (χ2n) is 5.32. The zero-order chi connectivity index (χ0) is 17.0. The molecule has 2 rings (SSSR count). The zero-order valence-electron chi connectivity index (χ0n) is 13.7. The topological polar surface area (TPSA) is 39.2 Å². The highest BCUT2D eigenvalue weighted by atomic mass is 79.9. The van der Waals surface area contributed by atoms with Crippen LogP contribution in [-0.2, 0) is 10.5 Å². The molecule has 23 heavy (non-hydrogen) atoms. The quantitative estimate of drug-likeness (QED) is 0.569. The number of thioether (sulfide) groups is 1. The lowest BCUT2D eigenvalue weighted by Gasteiger charge is -2.08. The number of halogens is 1. The Morgan fingerprint density at radius 3 is 2.78 bits per heavy atom. The summed E-state index contributed by atoms with van der Waals surface area (Å²) in [4.78, 5) is 17.0. The van der Waals surface area contributed by atoms with Crippen molar-refractivity contribution in [3.8, 4) is 10.6 Å². The zero-order valence-corrected chi connectivity index (χ0v) is 16.9. The van der Waals surface area contributed by atoms with Crippen LogP contribution in [0, 0.1) is 6.92 Å². The maximum atomic E-state index is 11.9. The fourth-order valence-corrected chi connectivity index (χ4v) is 4.39. The van der Waals surface area contributed by atoms with E-state index < -0.39 is 0 Å². The molecule has 1 aromatic heterocycles. The van der Waals surface area contributed by atoms with Gasteiger partial charge in [-0.1, -0.05) is 41.9 Å². The standard InChI is InChI=1S/C17H20BrNO2S2/c1-5-21-17(20)15-11(4)19-16(23-15)12-6-7-13(14(18)8-12)9-22-10(2)3/h6-8,10H,5,9H2,1-4H3. The van der Waals surface area contributed by atoms with Crippen LogP contribution in [-0.4, -0.2) is 22.8 Å². The molecule has 0 unspecified atom stereocenters. The average molecular weight is 414 g/mol. The van der Waals surface area contributed by atoms with Crippen LogP contribution in [0.1, 0.15) is 41.7 Å². The normalized spacial score (nSPS) is 11.0. The van der Waals surface area contributed by atoms with Gasteiger partial charge < -0.3 is 4.74 Å². The number of ether oxygens (including phenoxy) is 1. The van der Waals surface area contributed by atoms with Crippen molar-refractivity contribution in [1.82, 2.24) is 4.98 Å². The molecule has 3 nitrogen and oxygen atoms in total. The maximum absolute atomic E-state index is 11.9. The van der Waals surface area contributed by atoms with Gasteiger partial charge in [-0.3, -0.25) is 0 Å². The van der Waals surface area contributed by atoms with Crippen molar-refractivity contribution >= 4 is 45.0 Å². The summed E-state index contributed by atoms with van der Waals surface area (Å²) in [6.07, 6.45) is 0. The second kappa shape index (κ2) is 8.31. The predicted octanol–water partition coefficient (Wildman–Crippen LogP) is 5.70. The maximum Gasteiger partial charge on any atom is 0.350 e. The minimum absolute atomic E-state index is 0.294. The van der Waals surface area contributed by atoms with Gasteiger partial charge in [0.25, 0.3) is 0 Å². The molecule has 0 N–H and O–H groups in total. The molecular weight excluding hydrogens is 394 g/mol. The van der Waals surface area contributed by atoms with Crippen molar-refractivity contribution in [2.75, 3.05) is 6.61 Å². The van der Waals surface area contributed by atoms with Crippen molar-refractivity contribution in [1.29, 1.82) is 0 Å². The lowest BCUT2D eigenvalue weighted by Crippen LogP contribution is -2.03. The number of rotatable bonds is 6. The molecule has 0 bridgehead atoms. The summed E-state index contributed by atoms with van der Waals surface area (Å²) in [7, 11) is 0. The number of benzene rings is 1. The van der Waals surface area contributed by atoms with Gasteiger partial charge >= 0.3 is 5.97 Å². The monoisotopic (exact) mass is 413 g/mol. The summed E-state index contributed by atoms with van der Waals surface area (Å²) in [6.45, 7) is 8.42. The summed E-state index contributed by atoms with van der Waals surface area (Å²) in [6, 6.07) is 6.26. The van der Waals surface area contributed by atoms with E-state index in [-0.39, 0.29) is 5.97 Å². The van der Waals surface area contributed by atoms with E-state index >= 15 is 0 Å². The first-order valence-electron chi connectivity index (χ1n) is 7.47. The molecule has 0 amide bonds. The number of esters is 1. The summed E-state index contributed by atoms with van der Waals surface area (Å²) in [5.74, 6) is 0.682. The number of aromatic nitrogens is 1. The summed E-state index contributed by atoms with van der Waals surface area (Å²) in [5, 5.41) is 1.45. The summed E-state index contributed by atoms with van der Waals surface area (Å²) >= 11 is 6.94. The minimum Gasteiger partial charge on any atom is -0.462 e. The van der Waals surface area contributed by atoms with Crippen molar-refractivity contribution in [3.63, 3.8) is 0 Å². The molecule has 6 heteroatoms. The first-order chi connectivity index (χ1) is 10.9. The second-order valence-corrected chi connectivity index (χ2v) is 8.74. The number of hydrogen-bond donors (Lipinski definition) is 0. The lowest BCUT2D eigenvalue weighted by atomic mass is 10.1. The van der Waals surface area contributed by atoms with E-state index in [2.05, 4.69) is 53.0 Å². The molecular formula is C17H20BrNO2S2. The molecule has 0 aliphatic carbocycles. The number of hydrogen-bond acceptors (Lipinski definition) is 5. The number of aryl methyl sites for hydroxylation is 1. The Labute approximate surface area is 154 Å². The number of nitrogens with zero attached hydrogens (tertiary/aromatic N) is 1. The summed E-state index contributed by atoms with van der Waals surface area (Å²) < 4.78 is 6.15. The molecule has 0 fully saturated rings. The van der Waals surface area contributed by atoms with E-state index in [1.807, 2.05) is 18.7 Å². The van der Waals surface area contributed by atoms with E-state index in [9.17, 15) is 4.79 Å². The third kappa shape index (κ3) is 4.81. The molecule has 0 aliphatic rings. The van der Waals surface area contributed by atoms with Crippen LogP contribution in [0.15, 0.2) is 22.7 Å². The van der Waals surface area contributed by atoms with Crippen LogP contribution in [0.4, 0.5) is 0 Å². The van der Waals surface area contributed by atoms with Crippen LogP contribution in [0.2, 0.25) is 0 Å². The highest BCUT2D eigenvalue weighted by Crippen LogP contribution is 2.32. The molecule has 0 aliphatic heterocycles. The highest BCUT2D eigenvalue weighted by molar-refractivity contribution is 9.10. The smallest absolute Gasteiger partial charge is 0.350 e. The van der Waals surface area contributed by atoms with Gasteiger partial charge in [0.15, 0.2) is 0 Å². The number of carbonyl (C=O) groups excluding carboxylic acids is 1. The molecule has 0 saturated carbocycles. The van der Waals surface area contributed by atoms with Gasteiger partial charge in [-0.2, -0.15) is 11.8 Å². The third-order valence-corrected chi connectivity index (χ3v) is 6.20. The van der Waals surface area contributed by atoms with Crippen LogP contribution in [0.3, 0.4) is 0 Å². The predicted molar refractivity (Wildman–Crippen MR) is 102 cm³/mol. The van der Waals surface area contributed by atoms with E-state index in [1.165, 1.54) is 16.9 Å². The Bertz CT molecular complexity index is 698. The van der Waals surface area contributed by atoms with Crippen molar-refractivity contribution < 1.29 is 9.53 Å². The average Bonchev–Trinajstić information content (AvgIpc) is 2.88. The molecule has 0 saturated heterocycles. The fraction of sp³-hybridized carbons (Fsp3) is 0.412. The van der Waals surface area contributed by atoms with E-state index in [0.29, 0.717) is 16.7 Å². The van der Waals surface area contributed by atoms with Crippen LogP contribution in [0.25, 0.3) is 10.6 Å². The number of thiazole rings is 1. The minimum atomic E-state index is -0.294. The Balaban J connectivity index is 2.24. The van der Waals surface area contributed by atoms with E-state index in [0.717, 1.165) is 26.5 Å². The van der Waals surface area contributed by atoms with Crippen LogP contribution < -0.4 is 0 Å². The Morgan fingerprint density at radius 1 is 1.43 bits per heavy atom. The SMILES string of the molecule is CCOC(=O)c1sc(-c2ccc(CSC(C)C)c(Br)c2)nc1C. The first-order valence-corrected chi connectivity index (χ1v) is 10.1. The molecule has 0 spiro atoms. The van der Waals surface area contributed by atoms with Gasteiger partial charge in [0.2, 0.25) is 0 Å². The van der Waals surface area contributed by atoms with Crippen molar-refractivity contribution in [2.24, 2.45) is 0 Å². The Morgan fingerprint density at radius 2 is 2.17 bits per heavy atom. The molecule has 1 aromatic carbocycles. The molecule has 124 valence electrons. The van der Waals surface area contributed by atoms with Crippen LogP contribution in [0.5, 0.6) is 0 Å². The van der Waals surface area contributed by atoms with Gasteiger partial charge in [-0.15, -0.1) is 11.3 Å². The third-order valence-electron chi connectivity index (χ3n) is 3.13. The van der Waals surface area contributed by atoms with E-state index in [1.54, 1.807) is 6.92 Å². The largest absolute Gasteiger partial charge is 0.462 e. The highest BCUT2D eigenvalue weighted by Gasteiger charge is 2.17.